The van der Waals surface area contributed by atoms with E-state index in [1.807, 2.05) is 53.0 Å². The molecule has 2 N–H and O–H groups in total. The predicted octanol–water partition coefficient (Wildman–Crippen LogP) is 2.72. The van der Waals surface area contributed by atoms with Crippen molar-refractivity contribution in [2.24, 2.45) is 5.92 Å². The van der Waals surface area contributed by atoms with Gasteiger partial charge in [0.1, 0.15) is 6.04 Å². The van der Waals surface area contributed by atoms with Gasteiger partial charge in [-0.3, -0.25) is 9.59 Å². The van der Waals surface area contributed by atoms with Crippen molar-refractivity contribution in [2.45, 2.75) is 44.8 Å². The van der Waals surface area contributed by atoms with Crippen LogP contribution in [0.3, 0.4) is 0 Å². The van der Waals surface area contributed by atoms with Crippen molar-refractivity contribution in [1.29, 1.82) is 0 Å². The molecule has 2 bridgehead atoms. The molecule has 33 heavy (non-hydrogen) atoms. The number of nitrogens with one attached hydrogen (secondary N) is 2. The molecule has 3 heterocycles. The van der Waals surface area contributed by atoms with Crippen molar-refractivity contribution in [1.82, 2.24) is 20.1 Å². The first-order valence-corrected chi connectivity index (χ1v) is 12.9. The number of aryl methyl sites for hydroxylation is 1. The summed E-state index contributed by atoms with van der Waals surface area (Å²) in [4.78, 5) is 40.1. The van der Waals surface area contributed by atoms with Gasteiger partial charge in [-0.25, -0.2) is 4.79 Å². The molecular formula is C25H32N4O3S. The summed E-state index contributed by atoms with van der Waals surface area (Å²) in [7, 11) is 0. The molecule has 0 spiro atoms. The van der Waals surface area contributed by atoms with Crippen molar-refractivity contribution in [3.63, 3.8) is 0 Å². The number of urea groups is 1. The highest BCUT2D eigenvalue weighted by Gasteiger charge is 2.37. The maximum Gasteiger partial charge on any atom is 0.318 e. The third-order valence-electron chi connectivity index (χ3n) is 6.58. The standard InChI is InChI=1S/C25H32N4O3S/c1-17-6-8-18(9-7-17)13-26-24(31)21(10-11-33-2)27-25(32)28-14-19-12-20(16-28)22-4-3-5-23(30)29(22)15-19/h3-9,19-21H,10-16H2,1-2H3,(H,26,31)(H,27,32)/t19-,20-,21-/m0/s1. The van der Waals surface area contributed by atoms with Crippen molar-refractivity contribution in [3.8, 4) is 0 Å². The van der Waals surface area contributed by atoms with Crippen molar-refractivity contribution >= 4 is 23.7 Å². The van der Waals surface area contributed by atoms with Crippen LogP contribution in [0.5, 0.6) is 0 Å². The first kappa shape index (κ1) is 23.4. The van der Waals surface area contributed by atoms with E-state index in [-0.39, 0.29) is 29.3 Å². The molecule has 1 saturated heterocycles. The Morgan fingerprint density at radius 3 is 2.67 bits per heavy atom. The zero-order valence-electron chi connectivity index (χ0n) is 19.3. The minimum absolute atomic E-state index is 0.0301. The summed E-state index contributed by atoms with van der Waals surface area (Å²) in [6.45, 7) is 4.27. The van der Waals surface area contributed by atoms with Gasteiger partial charge >= 0.3 is 6.03 Å². The smallest absolute Gasteiger partial charge is 0.318 e. The van der Waals surface area contributed by atoms with Crippen LogP contribution in [0.25, 0.3) is 0 Å². The predicted molar refractivity (Wildman–Crippen MR) is 131 cm³/mol. The molecule has 1 aromatic carbocycles. The number of carbonyl (C=O) groups excluding carboxylic acids is 2. The Morgan fingerprint density at radius 2 is 1.91 bits per heavy atom. The third-order valence-corrected chi connectivity index (χ3v) is 7.22. The van der Waals surface area contributed by atoms with Crippen molar-refractivity contribution < 1.29 is 9.59 Å². The molecule has 2 aromatic rings. The number of benzene rings is 1. The summed E-state index contributed by atoms with van der Waals surface area (Å²) >= 11 is 1.66. The molecule has 176 valence electrons. The van der Waals surface area contributed by atoms with Crippen LogP contribution in [0.4, 0.5) is 4.79 Å². The lowest BCUT2D eigenvalue weighted by atomic mass is 9.83. The minimum atomic E-state index is -0.577. The van der Waals surface area contributed by atoms with E-state index in [9.17, 15) is 14.4 Å². The summed E-state index contributed by atoms with van der Waals surface area (Å²) in [5, 5.41) is 5.96. The number of thioether (sulfide) groups is 1. The van der Waals surface area contributed by atoms with Crippen molar-refractivity contribution in [2.75, 3.05) is 25.1 Å². The molecule has 4 rings (SSSR count). The molecule has 0 aliphatic carbocycles. The molecule has 7 nitrogen and oxygen atoms in total. The van der Waals surface area contributed by atoms with Crippen LogP contribution >= 0.6 is 11.8 Å². The molecule has 2 aliphatic heterocycles. The van der Waals surface area contributed by atoms with E-state index in [1.165, 1.54) is 5.56 Å². The first-order chi connectivity index (χ1) is 15.9. The van der Waals surface area contributed by atoms with Gasteiger partial charge in [0.15, 0.2) is 0 Å². The quantitative estimate of drug-likeness (QED) is 0.655. The number of piperidine rings is 1. The van der Waals surface area contributed by atoms with Crippen molar-refractivity contribution in [3.05, 3.63) is 69.6 Å². The molecule has 1 fully saturated rings. The second-order valence-corrected chi connectivity index (χ2v) is 10.1. The Labute approximate surface area is 198 Å². The second kappa shape index (κ2) is 10.5. The molecule has 3 amide bonds. The summed E-state index contributed by atoms with van der Waals surface area (Å²) in [6.07, 6.45) is 3.56. The number of nitrogens with zero attached hydrogens (tertiary/aromatic N) is 2. The topological polar surface area (TPSA) is 83.4 Å². The number of hydrogen-bond donors (Lipinski definition) is 2. The van der Waals surface area contributed by atoms with E-state index in [0.29, 0.717) is 32.6 Å². The van der Waals surface area contributed by atoms with E-state index < -0.39 is 6.04 Å². The van der Waals surface area contributed by atoms with Gasteiger partial charge in [-0.2, -0.15) is 11.8 Å². The number of amides is 3. The van der Waals surface area contributed by atoms with Crippen LogP contribution in [-0.4, -0.2) is 52.5 Å². The van der Waals surface area contributed by atoms with E-state index >= 15 is 0 Å². The number of rotatable bonds is 7. The molecule has 1 aromatic heterocycles. The zero-order valence-corrected chi connectivity index (χ0v) is 20.1. The number of hydrogen-bond acceptors (Lipinski definition) is 4. The summed E-state index contributed by atoms with van der Waals surface area (Å²) in [5.41, 5.74) is 3.24. The monoisotopic (exact) mass is 468 g/mol. The Balaban J connectivity index is 1.39. The lowest BCUT2D eigenvalue weighted by Crippen LogP contribution is -2.56. The van der Waals surface area contributed by atoms with E-state index in [4.69, 9.17) is 0 Å². The summed E-state index contributed by atoms with van der Waals surface area (Å²) in [6, 6.07) is 12.7. The molecule has 0 unspecified atom stereocenters. The molecule has 0 saturated carbocycles. The minimum Gasteiger partial charge on any atom is -0.350 e. The van der Waals surface area contributed by atoms with Gasteiger partial charge < -0.3 is 20.1 Å². The Bertz CT molecular complexity index is 1050. The highest BCUT2D eigenvalue weighted by Crippen LogP contribution is 2.34. The van der Waals surface area contributed by atoms with E-state index in [2.05, 4.69) is 10.6 Å². The largest absolute Gasteiger partial charge is 0.350 e. The number of likely N-dealkylation sites (tertiary alicyclic amines) is 1. The fourth-order valence-corrected chi connectivity index (χ4v) is 5.30. The number of pyridine rings is 1. The van der Waals surface area contributed by atoms with Gasteiger partial charge in [0.2, 0.25) is 5.91 Å². The van der Waals surface area contributed by atoms with E-state index in [1.54, 1.807) is 23.9 Å². The van der Waals surface area contributed by atoms with Crippen LogP contribution in [-0.2, 0) is 17.9 Å². The van der Waals surface area contributed by atoms with Gasteiger partial charge in [-0.05, 0) is 49.3 Å². The highest BCUT2D eigenvalue weighted by atomic mass is 32.2. The van der Waals surface area contributed by atoms with Gasteiger partial charge in [-0.1, -0.05) is 35.9 Å². The molecule has 3 atom stereocenters. The van der Waals surface area contributed by atoms with Gasteiger partial charge in [0.05, 0.1) is 0 Å². The first-order valence-electron chi connectivity index (χ1n) is 11.5. The highest BCUT2D eigenvalue weighted by molar-refractivity contribution is 7.98. The van der Waals surface area contributed by atoms with Gasteiger partial charge in [0.25, 0.3) is 5.56 Å². The van der Waals surface area contributed by atoms with Crippen LogP contribution in [0.2, 0.25) is 0 Å². The fourth-order valence-electron chi connectivity index (χ4n) is 4.83. The summed E-state index contributed by atoms with van der Waals surface area (Å²) in [5.74, 6) is 1.02. The van der Waals surface area contributed by atoms with Crippen LogP contribution in [0, 0.1) is 12.8 Å². The maximum absolute atomic E-state index is 13.2. The lowest BCUT2D eigenvalue weighted by molar-refractivity contribution is -0.123. The average Bonchev–Trinajstić information content (AvgIpc) is 2.81. The number of aromatic nitrogens is 1. The normalized spacial score (nSPS) is 20.0. The fraction of sp³-hybridized carbons (Fsp3) is 0.480. The van der Waals surface area contributed by atoms with Crippen LogP contribution in [0.15, 0.2) is 47.3 Å². The van der Waals surface area contributed by atoms with Crippen LogP contribution in [0.1, 0.15) is 35.6 Å². The lowest BCUT2D eigenvalue weighted by Gasteiger charge is -2.43. The molecular weight excluding hydrogens is 436 g/mol. The number of fused-ring (bicyclic) bond motifs is 4. The van der Waals surface area contributed by atoms with Gasteiger partial charge in [0, 0.05) is 43.9 Å². The third kappa shape index (κ3) is 5.61. The SMILES string of the molecule is CSCC[C@H](NC(=O)N1C[C@@H]2C[C@@H](C1)c1cccc(=O)n1C2)C(=O)NCc1ccc(C)cc1. The second-order valence-electron chi connectivity index (χ2n) is 9.09. The zero-order chi connectivity index (χ0) is 23.4. The molecule has 0 radical (unpaired) electrons. The Morgan fingerprint density at radius 1 is 1.12 bits per heavy atom. The Kier molecular flexibility index (Phi) is 7.42. The summed E-state index contributed by atoms with van der Waals surface area (Å²) < 4.78 is 1.86. The Hall–Kier alpha value is -2.74. The van der Waals surface area contributed by atoms with E-state index in [0.717, 1.165) is 23.4 Å². The van der Waals surface area contributed by atoms with Crippen LogP contribution < -0.4 is 16.2 Å². The average molecular weight is 469 g/mol. The number of carbonyl (C=O) groups is 2. The van der Waals surface area contributed by atoms with Gasteiger partial charge in [-0.15, -0.1) is 0 Å². The molecule has 2 aliphatic rings. The maximum atomic E-state index is 13.2. The molecule has 8 heteroatoms.